The number of H-pyrrole nitrogens is 1. The van der Waals surface area contributed by atoms with Crippen molar-refractivity contribution in [1.82, 2.24) is 9.97 Å². The lowest BCUT2D eigenvalue weighted by Gasteiger charge is -2.11. The van der Waals surface area contributed by atoms with Crippen LogP contribution in [0, 0.1) is 11.3 Å². The highest BCUT2D eigenvalue weighted by Crippen LogP contribution is 2.26. The van der Waals surface area contributed by atoms with E-state index < -0.39 is 0 Å². The quantitative estimate of drug-likeness (QED) is 0.807. The lowest BCUT2D eigenvalue weighted by molar-refractivity contribution is 0.901. The number of fused-ring (bicyclic) bond motifs is 1. The van der Waals surface area contributed by atoms with Gasteiger partial charge in [0.25, 0.3) is 0 Å². The number of pyridine rings is 1. The SMILES string of the molecule is CC(C)Nc1ccnc2[nH]cc(C/C=C/C#N)c12. The molecule has 18 heavy (non-hydrogen) atoms. The zero-order valence-corrected chi connectivity index (χ0v) is 10.6. The van der Waals surface area contributed by atoms with Crippen LogP contribution in [0.2, 0.25) is 0 Å². The van der Waals surface area contributed by atoms with E-state index in [0.29, 0.717) is 6.04 Å². The molecule has 0 unspecified atom stereocenters. The summed E-state index contributed by atoms with van der Waals surface area (Å²) >= 11 is 0. The van der Waals surface area contributed by atoms with E-state index in [0.717, 1.165) is 28.7 Å². The molecule has 2 heterocycles. The molecule has 0 bridgehead atoms. The predicted octanol–water partition coefficient (Wildman–Crippen LogP) is 3.01. The van der Waals surface area contributed by atoms with Crippen LogP contribution in [-0.2, 0) is 6.42 Å². The van der Waals surface area contributed by atoms with Gasteiger partial charge in [0.15, 0.2) is 0 Å². The van der Waals surface area contributed by atoms with Gasteiger partial charge in [0.05, 0.1) is 6.07 Å². The number of nitrogens with zero attached hydrogens (tertiary/aromatic N) is 2. The van der Waals surface area contributed by atoms with E-state index in [-0.39, 0.29) is 0 Å². The van der Waals surface area contributed by atoms with Gasteiger partial charge in [0.1, 0.15) is 5.65 Å². The third-order valence-corrected chi connectivity index (χ3v) is 2.63. The lowest BCUT2D eigenvalue weighted by Crippen LogP contribution is -2.10. The second-order valence-electron chi connectivity index (χ2n) is 4.43. The molecule has 0 aromatic carbocycles. The first-order chi connectivity index (χ1) is 8.72. The highest BCUT2D eigenvalue weighted by molar-refractivity contribution is 5.92. The summed E-state index contributed by atoms with van der Waals surface area (Å²) < 4.78 is 0. The first-order valence-corrected chi connectivity index (χ1v) is 5.98. The molecule has 2 N–H and O–H groups in total. The summed E-state index contributed by atoms with van der Waals surface area (Å²) in [6.45, 7) is 4.21. The summed E-state index contributed by atoms with van der Waals surface area (Å²) in [6, 6.07) is 4.35. The number of aromatic amines is 1. The number of hydrogen-bond donors (Lipinski definition) is 2. The smallest absolute Gasteiger partial charge is 0.139 e. The van der Waals surface area contributed by atoms with Crippen molar-refractivity contribution in [1.29, 1.82) is 5.26 Å². The number of rotatable bonds is 4. The van der Waals surface area contributed by atoms with E-state index in [4.69, 9.17) is 5.26 Å². The summed E-state index contributed by atoms with van der Waals surface area (Å²) in [5.41, 5.74) is 3.10. The Balaban J connectivity index is 2.42. The van der Waals surface area contributed by atoms with Crippen LogP contribution >= 0.6 is 0 Å². The second kappa shape index (κ2) is 5.37. The lowest BCUT2D eigenvalue weighted by atomic mass is 10.1. The van der Waals surface area contributed by atoms with Gasteiger partial charge < -0.3 is 10.3 Å². The van der Waals surface area contributed by atoms with Crippen molar-refractivity contribution >= 4 is 16.7 Å². The topological polar surface area (TPSA) is 64.5 Å². The van der Waals surface area contributed by atoms with Gasteiger partial charge >= 0.3 is 0 Å². The standard InChI is InChI=1S/C14H16N4/c1-10(2)18-12-6-8-16-14-13(12)11(9-17-14)5-3-4-7-15/h3-4,6,8-10H,5H2,1-2H3,(H2,16,17,18)/b4-3+. The number of nitriles is 1. The van der Waals surface area contributed by atoms with Crippen LogP contribution in [0.1, 0.15) is 19.4 Å². The molecule has 0 atom stereocenters. The Kier molecular flexibility index (Phi) is 3.63. The molecule has 0 radical (unpaired) electrons. The van der Waals surface area contributed by atoms with Crippen LogP contribution in [0.15, 0.2) is 30.6 Å². The van der Waals surface area contributed by atoms with Gasteiger partial charge in [-0.15, -0.1) is 0 Å². The fourth-order valence-corrected chi connectivity index (χ4v) is 1.95. The molecule has 0 aliphatic rings. The molecule has 0 spiro atoms. The summed E-state index contributed by atoms with van der Waals surface area (Å²) in [6.07, 6.45) is 7.83. The van der Waals surface area contributed by atoms with Crippen LogP contribution < -0.4 is 5.32 Å². The van der Waals surface area contributed by atoms with E-state index >= 15 is 0 Å². The highest BCUT2D eigenvalue weighted by atomic mass is 14.9. The molecule has 0 fully saturated rings. The Bertz CT molecular complexity index is 602. The Labute approximate surface area is 106 Å². The molecule has 4 heteroatoms. The van der Waals surface area contributed by atoms with Crippen LogP contribution in [-0.4, -0.2) is 16.0 Å². The Morgan fingerprint density at radius 3 is 3.11 bits per heavy atom. The number of hydrogen-bond acceptors (Lipinski definition) is 3. The minimum absolute atomic E-state index is 0.369. The van der Waals surface area contributed by atoms with E-state index in [1.54, 1.807) is 6.20 Å². The molecule has 0 saturated carbocycles. The highest BCUT2D eigenvalue weighted by Gasteiger charge is 2.09. The molecule has 0 amide bonds. The predicted molar refractivity (Wildman–Crippen MR) is 73.3 cm³/mol. The zero-order valence-electron chi connectivity index (χ0n) is 10.6. The molecule has 2 aromatic rings. The number of aromatic nitrogens is 2. The van der Waals surface area contributed by atoms with E-state index in [1.807, 2.05) is 24.4 Å². The van der Waals surface area contributed by atoms with E-state index in [1.165, 1.54) is 6.08 Å². The van der Waals surface area contributed by atoms with Gasteiger partial charge in [-0.1, -0.05) is 6.08 Å². The molecule has 0 saturated heterocycles. The van der Waals surface area contributed by atoms with Crippen LogP contribution in [0.4, 0.5) is 5.69 Å². The fourth-order valence-electron chi connectivity index (χ4n) is 1.95. The average molecular weight is 240 g/mol. The number of nitrogens with one attached hydrogen (secondary N) is 2. The monoisotopic (exact) mass is 240 g/mol. The molecule has 4 nitrogen and oxygen atoms in total. The molecule has 2 rings (SSSR count). The van der Waals surface area contributed by atoms with Crippen molar-refractivity contribution in [2.45, 2.75) is 26.3 Å². The van der Waals surface area contributed by atoms with Crippen molar-refractivity contribution in [3.05, 3.63) is 36.2 Å². The summed E-state index contributed by atoms with van der Waals surface area (Å²) in [4.78, 5) is 7.47. The average Bonchev–Trinajstić information content (AvgIpc) is 2.73. The molecule has 92 valence electrons. The van der Waals surface area contributed by atoms with E-state index in [9.17, 15) is 0 Å². The summed E-state index contributed by atoms with van der Waals surface area (Å²) in [5.74, 6) is 0. The van der Waals surface area contributed by atoms with Gasteiger partial charge in [-0.25, -0.2) is 4.98 Å². The van der Waals surface area contributed by atoms with Gasteiger partial charge in [0, 0.05) is 35.6 Å². The van der Waals surface area contributed by atoms with Crippen LogP contribution in [0.3, 0.4) is 0 Å². The normalized spacial score (nSPS) is 11.2. The first-order valence-electron chi connectivity index (χ1n) is 5.98. The van der Waals surface area contributed by atoms with E-state index in [2.05, 4.69) is 29.1 Å². The number of allylic oxidation sites excluding steroid dienone is 2. The third kappa shape index (κ3) is 2.51. The Hall–Kier alpha value is -2.28. The van der Waals surface area contributed by atoms with Gasteiger partial charge in [-0.2, -0.15) is 5.26 Å². The summed E-state index contributed by atoms with van der Waals surface area (Å²) in [7, 11) is 0. The number of anilines is 1. The largest absolute Gasteiger partial charge is 0.382 e. The maximum absolute atomic E-state index is 8.51. The minimum atomic E-state index is 0.369. The first kappa shape index (κ1) is 12.2. The van der Waals surface area contributed by atoms with Gasteiger partial charge in [0.2, 0.25) is 0 Å². The van der Waals surface area contributed by atoms with Crippen molar-refractivity contribution in [3.63, 3.8) is 0 Å². The van der Waals surface area contributed by atoms with Crippen LogP contribution in [0.5, 0.6) is 0 Å². The minimum Gasteiger partial charge on any atom is -0.382 e. The van der Waals surface area contributed by atoms with Crippen molar-refractivity contribution < 1.29 is 0 Å². The Morgan fingerprint density at radius 1 is 1.56 bits per heavy atom. The molecular formula is C14H16N4. The maximum atomic E-state index is 8.51. The van der Waals surface area contributed by atoms with Gasteiger partial charge in [-0.05, 0) is 31.9 Å². The molecule has 0 aliphatic heterocycles. The van der Waals surface area contributed by atoms with Crippen molar-refractivity contribution in [2.75, 3.05) is 5.32 Å². The molecular weight excluding hydrogens is 224 g/mol. The molecule has 0 aliphatic carbocycles. The zero-order chi connectivity index (χ0) is 13.0. The maximum Gasteiger partial charge on any atom is 0.139 e. The van der Waals surface area contributed by atoms with Gasteiger partial charge in [-0.3, -0.25) is 0 Å². The second-order valence-corrected chi connectivity index (χ2v) is 4.43. The third-order valence-electron chi connectivity index (χ3n) is 2.63. The molecule has 2 aromatic heterocycles. The summed E-state index contributed by atoms with van der Waals surface area (Å²) in [5, 5.41) is 13.0. The Morgan fingerprint density at radius 2 is 2.39 bits per heavy atom. The van der Waals surface area contributed by atoms with Crippen molar-refractivity contribution in [3.8, 4) is 6.07 Å². The van der Waals surface area contributed by atoms with Crippen molar-refractivity contribution in [2.24, 2.45) is 0 Å². The van der Waals surface area contributed by atoms with Crippen LogP contribution in [0.25, 0.3) is 11.0 Å². The fraction of sp³-hybridized carbons (Fsp3) is 0.286.